The summed E-state index contributed by atoms with van der Waals surface area (Å²) in [6.07, 6.45) is 0. The molecule has 0 spiro atoms. The van der Waals surface area contributed by atoms with Crippen molar-refractivity contribution in [3.63, 3.8) is 0 Å². The highest BCUT2D eigenvalue weighted by Crippen LogP contribution is 2.30. The fourth-order valence-electron chi connectivity index (χ4n) is 2.85. The largest absolute Gasteiger partial charge is 0.490 e. The molecule has 0 aliphatic carbocycles. The average molecular weight is 429 g/mol. The molecule has 8 heteroatoms. The molecule has 3 rings (SSSR count). The number of fused-ring (bicyclic) bond motifs is 1. The molecule has 3 aromatic carbocycles. The van der Waals surface area contributed by atoms with Crippen LogP contribution in [0.3, 0.4) is 0 Å². The van der Waals surface area contributed by atoms with E-state index >= 15 is 0 Å². The summed E-state index contributed by atoms with van der Waals surface area (Å²) in [4.78, 5) is 24.2. The van der Waals surface area contributed by atoms with E-state index < -0.39 is 29.0 Å². The minimum atomic E-state index is -1.48. The van der Waals surface area contributed by atoms with Crippen molar-refractivity contribution in [1.82, 2.24) is 5.32 Å². The molecule has 1 amide bonds. The van der Waals surface area contributed by atoms with Crippen molar-refractivity contribution < 1.29 is 33.0 Å². The molecule has 3 aromatic rings. The number of benzene rings is 3. The molecular formula is C23H21F2NO5. The number of hydrogen-bond acceptors (Lipinski definition) is 4. The summed E-state index contributed by atoms with van der Waals surface area (Å²) in [6, 6.07) is 13.7. The van der Waals surface area contributed by atoms with Crippen LogP contribution < -0.4 is 14.8 Å². The van der Waals surface area contributed by atoms with Crippen LogP contribution >= 0.6 is 0 Å². The lowest BCUT2D eigenvalue weighted by Crippen LogP contribution is -2.49. The third kappa shape index (κ3) is 5.09. The molecular weight excluding hydrogens is 408 g/mol. The normalized spacial score (nSPS) is 11.2. The molecule has 0 unspecified atom stereocenters. The van der Waals surface area contributed by atoms with Crippen molar-refractivity contribution in [3.8, 4) is 11.5 Å². The molecule has 0 atom stereocenters. The highest BCUT2D eigenvalue weighted by Gasteiger charge is 2.30. The van der Waals surface area contributed by atoms with Crippen molar-refractivity contribution in [1.29, 1.82) is 0 Å². The van der Waals surface area contributed by atoms with Gasteiger partial charge in [0.25, 0.3) is 5.91 Å². The van der Waals surface area contributed by atoms with Gasteiger partial charge in [0.05, 0.1) is 5.56 Å². The van der Waals surface area contributed by atoms with Gasteiger partial charge in [-0.15, -0.1) is 0 Å². The number of hydrogen-bond donors (Lipinski definition) is 2. The Balaban J connectivity index is 1.80. The second-order valence-corrected chi connectivity index (χ2v) is 7.32. The number of carboxylic acids is 1. The van der Waals surface area contributed by atoms with Crippen molar-refractivity contribution in [2.45, 2.75) is 19.4 Å². The molecule has 162 valence electrons. The van der Waals surface area contributed by atoms with Crippen LogP contribution in [0.2, 0.25) is 0 Å². The van der Waals surface area contributed by atoms with E-state index in [4.69, 9.17) is 9.47 Å². The van der Waals surface area contributed by atoms with Gasteiger partial charge >= 0.3 is 5.97 Å². The third-order valence-electron chi connectivity index (χ3n) is 4.57. The standard InChI is InChI=1S/C23H21F2NO5/c1-23(2,22(28)29)26-21(27)17-9-7-14-5-3-4-6-16(14)20(17)31-12-11-30-15-8-10-18(24)19(25)13-15/h3-10,13H,11-12H2,1-2H3,(H,26,27)(H,28,29). The van der Waals surface area contributed by atoms with Crippen molar-refractivity contribution in [2.75, 3.05) is 13.2 Å². The first-order valence-corrected chi connectivity index (χ1v) is 9.47. The zero-order valence-electron chi connectivity index (χ0n) is 16.9. The van der Waals surface area contributed by atoms with Crippen LogP contribution in [0.5, 0.6) is 11.5 Å². The van der Waals surface area contributed by atoms with Gasteiger partial charge in [-0.3, -0.25) is 4.79 Å². The molecule has 0 aromatic heterocycles. The predicted molar refractivity (Wildman–Crippen MR) is 110 cm³/mol. The van der Waals surface area contributed by atoms with Crippen LogP contribution in [0.4, 0.5) is 8.78 Å². The summed E-state index contributed by atoms with van der Waals surface area (Å²) in [5, 5.41) is 13.3. The second kappa shape index (κ2) is 8.99. The lowest BCUT2D eigenvalue weighted by molar-refractivity contribution is -0.143. The Kier molecular flexibility index (Phi) is 6.39. The molecule has 6 nitrogen and oxygen atoms in total. The van der Waals surface area contributed by atoms with Crippen molar-refractivity contribution in [3.05, 3.63) is 71.8 Å². The lowest BCUT2D eigenvalue weighted by atomic mass is 10.0. The number of ether oxygens (including phenoxy) is 2. The fourth-order valence-corrected chi connectivity index (χ4v) is 2.85. The van der Waals surface area contributed by atoms with Crippen LogP contribution in [0.1, 0.15) is 24.2 Å². The molecule has 0 aliphatic heterocycles. The minimum Gasteiger partial charge on any atom is -0.490 e. The van der Waals surface area contributed by atoms with E-state index in [1.165, 1.54) is 19.9 Å². The van der Waals surface area contributed by atoms with Crippen LogP contribution in [0, 0.1) is 11.6 Å². The smallest absolute Gasteiger partial charge is 0.328 e. The number of carbonyl (C=O) groups is 2. The van der Waals surface area contributed by atoms with Gasteiger partial charge < -0.3 is 19.9 Å². The Morgan fingerprint density at radius 3 is 2.39 bits per heavy atom. The molecule has 0 heterocycles. The van der Waals surface area contributed by atoms with E-state index in [1.807, 2.05) is 12.1 Å². The van der Waals surface area contributed by atoms with E-state index in [2.05, 4.69) is 5.32 Å². The molecule has 31 heavy (non-hydrogen) atoms. The van der Waals surface area contributed by atoms with Gasteiger partial charge in [0.15, 0.2) is 11.6 Å². The zero-order chi connectivity index (χ0) is 22.6. The monoisotopic (exact) mass is 429 g/mol. The van der Waals surface area contributed by atoms with Crippen molar-refractivity contribution >= 4 is 22.6 Å². The Hall–Kier alpha value is -3.68. The van der Waals surface area contributed by atoms with E-state index in [0.29, 0.717) is 5.39 Å². The maximum atomic E-state index is 13.3. The number of aliphatic carboxylic acids is 1. The fraction of sp³-hybridized carbons (Fsp3) is 0.217. The zero-order valence-corrected chi connectivity index (χ0v) is 16.9. The number of carboxylic acid groups (broad SMARTS) is 1. The highest BCUT2D eigenvalue weighted by molar-refractivity contribution is 6.05. The van der Waals surface area contributed by atoms with Crippen LogP contribution in [0.15, 0.2) is 54.6 Å². The van der Waals surface area contributed by atoms with Gasteiger partial charge in [0.2, 0.25) is 0 Å². The molecule has 0 fully saturated rings. The topological polar surface area (TPSA) is 84.9 Å². The predicted octanol–water partition coefficient (Wildman–Crippen LogP) is 4.17. The van der Waals surface area contributed by atoms with Crippen LogP contribution in [-0.2, 0) is 4.79 Å². The first-order valence-electron chi connectivity index (χ1n) is 9.47. The van der Waals surface area contributed by atoms with E-state index in [1.54, 1.807) is 24.3 Å². The molecule has 0 aliphatic rings. The Bertz CT molecular complexity index is 1130. The van der Waals surface area contributed by atoms with Gasteiger partial charge in [-0.25, -0.2) is 13.6 Å². The summed E-state index contributed by atoms with van der Waals surface area (Å²) in [6.45, 7) is 2.78. The van der Waals surface area contributed by atoms with Crippen LogP contribution in [-0.4, -0.2) is 35.7 Å². The number of halogens is 2. The Labute approximate surface area is 177 Å². The first-order chi connectivity index (χ1) is 14.7. The van der Waals surface area contributed by atoms with Gasteiger partial charge in [0.1, 0.15) is 30.3 Å². The minimum absolute atomic E-state index is 0.00953. The van der Waals surface area contributed by atoms with E-state index in [-0.39, 0.29) is 30.3 Å². The van der Waals surface area contributed by atoms with Gasteiger partial charge in [0, 0.05) is 11.5 Å². The Morgan fingerprint density at radius 2 is 1.68 bits per heavy atom. The molecule has 2 N–H and O–H groups in total. The lowest BCUT2D eigenvalue weighted by Gasteiger charge is -2.22. The molecule has 0 saturated carbocycles. The highest BCUT2D eigenvalue weighted by atomic mass is 19.2. The second-order valence-electron chi connectivity index (χ2n) is 7.32. The SMILES string of the molecule is CC(C)(NC(=O)c1ccc2ccccc2c1OCCOc1ccc(F)c(F)c1)C(=O)O. The Morgan fingerprint density at radius 1 is 0.968 bits per heavy atom. The van der Waals surface area contributed by atoms with Gasteiger partial charge in [-0.2, -0.15) is 0 Å². The van der Waals surface area contributed by atoms with E-state index in [0.717, 1.165) is 17.5 Å². The molecule has 0 radical (unpaired) electrons. The first kappa shape index (κ1) is 22.0. The van der Waals surface area contributed by atoms with Gasteiger partial charge in [-0.1, -0.05) is 30.3 Å². The maximum absolute atomic E-state index is 13.3. The molecule has 0 saturated heterocycles. The number of rotatable bonds is 8. The summed E-state index contributed by atoms with van der Waals surface area (Å²) in [5.74, 6) is -3.36. The van der Waals surface area contributed by atoms with E-state index in [9.17, 15) is 23.5 Å². The summed E-state index contributed by atoms with van der Waals surface area (Å²) >= 11 is 0. The number of nitrogens with one attached hydrogen (secondary N) is 1. The summed E-state index contributed by atoms with van der Waals surface area (Å²) in [7, 11) is 0. The molecule has 0 bridgehead atoms. The maximum Gasteiger partial charge on any atom is 0.328 e. The van der Waals surface area contributed by atoms with Crippen LogP contribution in [0.25, 0.3) is 10.8 Å². The summed E-state index contributed by atoms with van der Waals surface area (Å²) < 4.78 is 37.5. The third-order valence-corrected chi connectivity index (χ3v) is 4.57. The number of carbonyl (C=O) groups excluding carboxylic acids is 1. The van der Waals surface area contributed by atoms with Gasteiger partial charge in [-0.05, 0) is 37.4 Å². The quantitative estimate of drug-likeness (QED) is 0.525. The summed E-state index contributed by atoms with van der Waals surface area (Å²) in [5.41, 5.74) is -1.31. The van der Waals surface area contributed by atoms with Crippen molar-refractivity contribution in [2.24, 2.45) is 0 Å². The number of amides is 1. The average Bonchev–Trinajstić information content (AvgIpc) is 2.73.